The van der Waals surface area contributed by atoms with Gasteiger partial charge in [-0.3, -0.25) is 9.59 Å². The smallest absolute Gasteiger partial charge is 0.212 e. The summed E-state index contributed by atoms with van der Waals surface area (Å²) in [5, 5.41) is 2.92. The lowest BCUT2D eigenvalue weighted by Crippen LogP contribution is -2.15. The van der Waals surface area contributed by atoms with Crippen molar-refractivity contribution < 1.29 is 9.21 Å². The Bertz CT molecular complexity index is 672. The van der Waals surface area contributed by atoms with Crippen LogP contribution in [-0.4, -0.2) is 5.78 Å². The third-order valence-corrected chi connectivity index (χ3v) is 2.59. The Labute approximate surface area is 110 Å². The van der Waals surface area contributed by atoms with Crippen LogP contribution in [0.5, 0.6) is 0 Å². The zero-order chi connectivity index (χ0) is 14.0. The predicted octanol–water partition coefficient (Wildman–Crippen LogP) is 2.48. The number of ketones is 1. The molecular formula is C14H14N2O3. The molecule has 1 aromatic carbocycles. The van der Waals surface area contributed by atoms with Gasteiger partial charge in [0, 0.05) is 17.4 Å². The van der Waals surface area contributed by atoms with Gasteiger partial charge in [0.1, 0.15) is 11.3 Å². The van der Waals surface area contributed by atoms with E-state index in [1.54, 1.807) is 31.2 Å². The normalized spacial score (nSPS) is 10.2. The molecule has 3 N–H and O–H groups in total. The molecule has 0 aliphatic carbocycles. The number of nitrogens with two attached hydrogens (primary N) is 1. The van der Waals surface area contributed by atoms with Crippen molar-refractivity contribution in [3.05, 3.63) is 51.9 Å². The van der Waals surface area contributed by atoms with Crippen molar-refractivity contribution in [2.45, 2.75) is 13.8 Å². The van der Waals surface area contributed by atoms with Gasteiger partial charge in [-0.05, 0) is 38.1 Å². The highest BCUT2D eigenvalue weighted by molar-refractivity contribution is 5.98. The van der Waals surface area contributed by atoms with E-state index in [9.17, 15) is 9.59 Å². The van der Waals surface area contributed by atoms with Crippen LogP contribution in [-0.2, 0) is 0 Å². The molecule has 0 fully saturated rings. The van der Waals surface area contributed by atoms with Crippen molar-refractivity contribution in [2.75, 3.05) is 11.1 Å². The summed E-state index contributed by atoms with van der Waals surface area (Å²) < 4.78 is 5.42. The van der Waals surface area contributed by atoms with Crippen LogP contribution >= 0.6 is 0 Å². The number of carbonyl (C=O) groups excluding carboxylic acids is 1. The lowest BCUT2D eigenvalue weighted by Gasteiger charge is -2.09. The van der Waals surface area contributed by atoms with Crippen LogP contribution in [0.4, 0.5) is 17.3 Å². The van der Waals surface area contributed by atoms with Crippen LogP contribution in [0.3, 0.4) is 0 Å². The number of nitrogen functional groups attached to an aromatic ring is 1. The molecule has 1 aromatic heterocycles. The van der Waals surface area contributed by atoms with E-state index < -0.39 is 0 Å². The van der Waals surface area contributed by atoms with Gasteiger partial charge in [-0.15, -0.1) is 0 Å². The summed E-state index contributed by atoms with van der Waals surface area (Å²) >= 11 is 0. The third-order valence-electron chi connectivity index (χ3n) is 2.59. The minimum absolute atomic E-state index is 0.0161. The standard InChI is InChI=1S/C14H14N2O3/c1-8-7-12(18)13(9(2)17)14(19-8)16-11-5-3-10(15)4-6-11/h3-7,16H,15H2,1-2H3. The molecule has 5 heteroatoms. The van der Waals surface area contributed by atoms with Crippen LogP contribution in [0.25, 0.3) is 0 Å². The first-order valence-electron chi connectivity index (χ1n) is 5.75. The number of aryl methyl sites for hydroxylation is 1. The Morgan fingerprint density at radius 1 is 1.26 bits per heavy atom. The zero-order valence-electron chi connectivity index (χ0n) is 10.7. The van der Waals surface area contributed by atoms with E-state index in [0.29, 0.717) is 17.1 Å². The summed E-state index contributed by atoms with van der Waals surface area (Å²) in [4.78, 5) is 23.3. The van der Waals surface area contributed by atoms with Crippen LogP contribution in [0.15, 0.2) is 39.5 Å². The van der Waals surface area contributed by atoms with E-state index in [-0.39, 0.29) is 22.7 Å². The Morgan fingerprint density at radius 3 is 2.47 bits per heavy atom. The molecule has 0 amide bonds. The molecule has 98 valence electrons. The van der Waals surface area contributed by atoms with Gasteiger partial charge in [0.05, 0.1) is 0 Å². The first kappa shape index (κ1) is 12.9. The first-order chi connectivity index (χ1) is 8.97. The Morgan fingerprint density at radius 2 is 1.89 bits per heavy atom. The molecule has 5 nitrogen and oxygen atoms in total. The monoisotopic (exact) mass is 258 g/mol. The fourth-order valence-corrected chi connectivity index (χ4v) is 1.73. The van der Waals surface area contributed by atoms with Crippen molar-refractivity contribution in [3.8, 4) is 0 Å². The number of hydrogen-bond acceptors (Lipinski definition) is 5. The number of anilines is 3. The summed E-state index contributed by atoms with van der Waals surface area (Å²) in [6.07, 6.45) is 0. The van der Waals surface area contributed by atoms with Crippen molar-refractivity contribution in [1.82, 2.24) is 0 Å². The number of hydrogen-bond donors (Lipinski definition) is 2. The molecule has 2 aromatic rings. The average Bonchev–Trinajstić information content (AvgIpc) is 2.30. The highest BCUT2D eigenvalue weighted by atomic mass is 16.4. The maximum atomic E-state index is 11.8. The molecule has 0 aliphatic rings. The summed E-state index contributed by atoms with van der Waals surface area (Å²) in [7, 11) is 0. The topological polar surface area (TPSA) is 85.3 Å². The van der Waals surface area contributed by atoms with Gasteiger partial charge in [0.15, 0.2) is 11.2 Å². The lowest BCUT2D eigenvalue weighted by molar-refractivity contribution is 0.101. The minimum Gasteiger partial charge on any atom is -0.445 e. The van der Waals surface area contributed by atoms with Gasteiger partial charge >= 0.3 is 0 Å². The molecule has 0 spiro atoms. The molecule has 0 radical (unpaired) electrons. The molecular weight excluding hydrogens is 244 g/mol. The van der Waals surface area contributed by atoms with Gasteiger partial charge in [0.25, 0.3) is 0 Å². The van der Waals surface area contributed by atoms with Crippen LogP contribution < -0.4 is 16.5 Å². The molecule has 1 heterocycles. The summed E-state index contributed by atoms with van der Waals surface area (Å²) in [5.74, 6) is 0.252. The second-order valence-corrected chi connectivity index (χ2v) is 4.23. The van der Waals surface area contributed by atoms with Gasteiger partial charge in [-0.1, -0.05) is 0 Å². The van der Waals surface area contributed by atoms with Crippen molar-refractivity contribution in [1.29, 1.82) is 0 Å². The molecule has 0 saturated heterocycles. The van der Waals surface area contributed by atoms with E-state index in [4.69, 9.17) is 10.2 Å². The highest BCUT2D eigenvalue weighted by Crippen LogP contribution is 2.21. The van der Waals surface area contributed by atoms with Crippen molar-refractivity contribution in [3.63, 3.8) is 0 Å². The molecule has 19 heavy (non-hydrogen) atoms. The van der Waals surface area contributed by atoms with E-state index in [1.807, 2.05) is 0 Å². The number of Topliss-reactive ketones (excluding diaryl/α,β-unsaturated/α-hetero) is 1. The quantitative estimate of drug-likeness (QED) is 0.652. The van der Waals surface area contributed by atoms with E-state index in [2.05, 4.69) is 5.32 Å². The van der Waals surface area contributed by atoms with Gasteiger partial charge in [-0.2, -0.15) is 0 Å². The van der Waals surface area contributed by atoms with Crippen molar-refractivity contribution in [2.24, 2.45) is 0 Å². The Kier molecular flexibility index (Phi) is 3.37. The maximum absolute atomic E-state index is 11.8. The predicted molar refractivity (Wildman–Crippen MR) is 73.9 cm³/mol. The van der Waals surface area contributed by atoms with E-state index in [1.165, 1.54) is 13.0 Å². The summed E-state index contributed by atoms with van der Waals surface area (Å²) in [5.41, 5.74) is 6.57. The number of benzene rings is 1. The number of rotatable bonds is 3. The second kappa shape index (κ2) is 4.97. The molecule has 0 atom stereocenters. The third kappa shape index (κ3) is 2.82. The fraction of sp³-hybridized carbons (Fsp3) is 0.143. The largest absolute Gasteiger partial charge is 0.445 e. The van der Waals surface area contributed by atoms with Gasteiger partial charge in [0.2, 0.25) is 5.88 Å². The molecule has 0 aliphatic heterocycles. The zero-order valence-corrected chi connectivity index (χ0v) is 10.7. The van der Waals surface area contributed by atoms with Crippen LogP contribution in [0, 0.1) is 6.92 Å². The summed E-state index contributed by atoms with van der Waals surface area (Å²) in [6, 6.07) is 8.20. The second-order valence-electron chi connectivity index (χ2n) is 4.23. The van der Waals surface area contributed by atoms with Crippen LogP contribution in [0.2, 0.25) is 0 Å². The highest BCUT2D eigenvalue weighted by Gasteiger charge is 2.15. The van der Waals surface area contributed by atoms with E-state index >= 15 is 0 Å². The number of nitrogens with one attached hydrogen (secondary N) is 1. The van der Waals surface area contributed by atoms with Crippen molar-refractivity contribution >= 4 is 23.0 Å². The first-order valence-corrected chi connectivity index (χ1v) is 5.75. The number of carbonyl (C=O) groups is 1. The van der Waals surface area contributed by atoms with Gasteiger partial charge < -0.3 is 15.5 Å². The Hall–Kier alpha value is -2.56. The lowest BCUT2D eigenvalue weighted by atomic mass is 10.1. The summed E-state index contributed by atoms with van der Waals surface area (Å²) in [6.45, 7) is 2.98. The van der Waals surface area contributed by atoms with Crippen LogP contribution in [0.1, 0.15) is 23.0 Å². The van der Waals surface area contributed by atoms with E-state index in [0.717, 1.165) is 0 Å². The maximum Gasteiger partial charge on any atom is 0.212 e. The molecule has 2 rings (SSSR count). The molecule has 0 bridgehead atoms. The molecule has 0 saturated carbocycles. The van der Waals surface area contributed by atoms with Gasteiger partial charge in [-0.25, -0.2) is 0 Å². The molecule has 0 unspecified atom stereocenters. The fourth-order valence-electron chi connectivity index (χ4n) is 1.73. The average molecular weight is 258 g/mol. The Balaban J connectivity index is 2.47. The SMILES string of the molecule is CC(=O)c1c(Nc2ccc(N)cc2)oc(C)cc1=O. The minimum atomic E-state index is -0.353.